The van der Waals surface area contributed by atoms with Crippen LogP contribution in [0.3, 0.4) is 0 Å². The van der Waals surface area contributed by atoms with Gasteiger partial charge in [0, 0.05) is 18.7 Å². The van der Waals surface area contributed by atoms with Crippen molar-refractivity contribution in [2.45, 2.75) is 64.6 Å². The maximum absolute atomic E-state index is 11.9. The first-order valence-corrected chi connectivity index (χ1v) is 6.78. The number of amides is 1. The first-order valence-electron chi connectivity index (χ1n) is 6.78. The zero-order valence-corrected chi connectivity index (χ0v) is 11.3. The SMILES string of the molecule is CCCCOC(C)C(=O)NC1CCNC(C)C1. The molecule has 17 heavy (non-hydrogen) atoms. The van der Waals surface area contributed by atoms with Gasteiger partial charge in [-0.25, -0.2) is 0 Å². The largest absolute Gasteiger partial charge is 0.369 e. The minimum atomic E-state index is -0.327. The second-order valence-corrected chi connectivity index (χ2v) is 4.95. The molecule has 1 amide bonds. The van der Waals surface area contributed by atoms with E-state index in [1.165, 1.54) is 0 Å². The topological polar surface area (TPSA) is 50.4 Å². The third-order valence-corrected chi connectivity index (χ3v) is 3.21. The number of rotatable bonds is 6. The van der Waals surface area contributed by atoms with E-state index in [9.17, 15) is 4.79 Å². The van der Waals surface area contributed by atoms with E-state index < -0.39 is 0 Å². The quantitative estimate of drug-likeness (QED) is 0.693. The number of carbonyl (C=O) groups excluding carboxylic acids is 1. The molecule has 1 aliphatic heterocycles. The fourth-order valence-corrected chi connectivity index (χ4v) is 2.06. The summed E-state index contributed by atoms with van der Waals surface area (Å²) in [7, 11) is 0. The predicted molar refractivity (Wildman–Crippen MR) is 69.0 cm³/mol. The van der Waals surface area contributed by atoms with E-state index in [0.717, 1.165) is 32.2 Å². The van der Waals surface area contributed by atoms with Crippen molar-refractivity contribution in [2.24, 2.45) is 0 Å². The zero-order valence-electron chi connectivity index (χ0n) is 11.3. The Labute approximate surface area is 104 Å². The van der Waals surface area contributed by atoms with E-state index in [2.05, 4.69) is 24.5 Å². The standard InChI is InChI=1S/C13H26N2O2/c1-4-5-8-17-11(3)13(16)15-12-6-7-14-10(2)9-12/h10-12,14H,4-9H2,1-3H3,(H,15,16). The summed E-state index contributed by atoms with van der Waals surface area (Å²) in [6.07, 6.45) is 3.81. The van der Waals surface area contributed by atoms with Crippen LogP contribution in [0, 0.1) is 0 Å². The molecule has 100 valence electrons. The molecular formula is C13H26N2O2. The van der Waals surface area contributed by atoms with Crippen LogP contribution in [0.5, 0.6) is 0 Å². The molecule has 0 saturated carbocycles. The molecule has 0 spiro atoms. The molecule has 1 heterocycles. The molecule has 2 N–H and O–H groups in total. The molecule has 3 atom stereocenters. The van der Waals surface area contributed by atoms with Crippen molar-refractivity contribution in [2.75, 3.05) is 13.2 Å². The van der Waals surface area contributed by atoms with Crippen molar-refractivity contribution < 1.29 is 9.53 Å². The monoisotopic (exact) mass is 242 g/mol. The summed E-state index contributed by atoms with van der Waals surface area (Å²) in [6.45, 7) is 7.75. The van der Waals surface area contributed by atoms with E-state index >= 15 is 0 Å². The zero-order chi connectivity index (χ0) is 12.7. The van der Waals surface area contributed by atoms with E-state index in [1.54, 1.807) is 0 Å². The number of hydrogen-bond acceptors (Lipinski definition) is 3. The van der Waals surface area contributed by atoms with Crippen LogP contribution >= 0.6 is 0 Å². The molecule has 0 aromatic heterocycles. The van der Waals surface area contributed by atoms with Crippen molar-refractivity contribution in [3.05, 3.63) is 0 Å². The van der Waals surface area contributed by atoms with Crippen LogP contribution in [0.4, 0.5) is 0 Å². The third kappa shape index (κ3) is 5.50. The smallest absolute Gasteiger partial charge is 0.249 e. The molecule has 1 fully saturated rings. The Hall–Kier alpha value is -0.610. The average Bonchev–Trinajstić information content (AvgIpc) is 2.29. The minimum absolute atomic E-state index is 0.0280. The van der Waals surface area contributed by atoms with Gasteiger partial charge >= 0.3 is 0 Å². The van der Waals surface area contributed by atoms with Crippen LogP contribution in [0.1, 0.15) is 46.5 Å². The van der Waals surface area contributed by atoms with Gasteiger partial charge in [-0.1, -0.05) is 13.3 Å². The van der Waals surface area contributed by atoms with E-state index in [0.29, 0.717) is 18.7 Å². The molecule has 0 bridgehead atoms. The molecule has 1 aliphatic rings. The summed E-state index contributed by atoms with van der Waals surface area (Å²) < 4.78 is 5.48. The summed E-state index contributed by atoms with van der Waals surface area (Å²) in [5.41, 5.74) is 0. The van der Waals surface area contributed by atoms with E-state index in [1.807, 2.05) is 6.92 Å². The molecule has 3 unspecified atom stereocenters. The van der Waals surface area contributed by atoms with Crippen LogP contribution < -0.4 is 10.6 Å². The second kappa shape index (κ2) is 7.67. The molecule has 0 aliphatic carbocycles. The summed E-state index contributed by atoms with van der Waals surface area (Å²) in [5.74, 6) is 0.0280. The van der Waals surface area contributed by atoms with Crippen LogP contribution in [0.25, 0.3) is 0 Å². The molecular weight excluding hydrogens is 216 g/mol. The average molecular weight is 242 g/mol. The van der Waals surface area contributed by atoms with Gasteiger partial charge in [-0.05, 0) is 39.7 Å². The first-order chi connectivity index (χ1) is 8.13. The Morgan fingerprint density at radius 3 is 3.00 bits per heavy atom. The van der Waals surface area contributed by atoms with Gasteiger partial charge in [0.2, 0.25) is 5.91 Å². The van der Waals surface area contributed by atoms with Crippen LogP contribution in [0.2, 0.25) is 0 Å². The summed E-state index contributed by atoms with van der Waals surface area (Å²) >= 11 is 0. The number of unbranched alkanes of at least 4 members (excludes halogenated alkanes) is 1. The van der Waals surface area contributed by atoms with Gasteiger partial charge in [-0.3, -0.25) is 4.79 Å². The Morgan fingerprint density at radius 1 is 1.59 bits per heavy atom. The number of carbonyl (C=O) groups is 1. The predicted octanol–water partition coefficient (Wildman–Crippen LogP) is 1.45. The lowest BCUT2D eigenvalue weighted by atomic mass is 10.0. The van der Waals surface area contributed by atoms with Gasteiger partial charge in [0.1, 0.15) is 6.10 Å². The Kier molecular flexibility index (Phi) is 6.52. The van der Waals surface area contributed by atoms with Gasteiger partial charge in [-0.2, -0.15) is 0 Å². The summed E-state index contributed by atoms with van der Waals surface area (Å²) in [5, 5.41) is 6.45. The highest BCUT2D eigenvalue weighted by Gasteiger charge is 2.22. The Bertz CT molecular complexity index is 233. The van der Waals surface area contributed by atoms with Gasteiger partial charge in [0.25, 0.3) is 0 Å². The highest BCUT2D eigenvalue weighted by molar-refractivity contribution is 5.80. The van der Waals surface area contributed by atoms with Gasteiger partial charge in [0.05, 0.1) is 0 Å². The minimum Gasteiger partial charge on any atom is -0.369 e. The third-order valence-electron chi connectivity index (χ3n) is 3.21. The lowest BCUT2D eigenvalue weighted by molar-refractivity contribution is -0.132. The Balaban J connectivity index is 2.22. The summed E-state index contributed by atoms with van der Waals surface area (Å²) in [4.78, 5) is 11.9. The molecule has 4 heteroatoms. The highest BCUT2D eigenvalue weighted by atomic mass is 16.5. The van der Waals surface area contributed by atoms with Gasteiger partial charge < -0.3 is 15.4 Å². The fraction of sp³-hybridized carbons (Fsp3) is 0.923. The maximum Gasteiger partial charge on any atom is 0.249 e. The highest BCUT2D eigenvalue weighted by Crippen LogP contribution is 2.08. The van der Waals surface area contributed by atoms with Crippen LogP contribution in [-0.4, -0.2) is 37.2 Å². The molecule has 0 radical (unpaired) electrons. The van der Waals surface area contributed by atoms with E-state index in [4.69, 9.17) is 4.74 Å². The molecule has 0 aromatic rings. The van der Waals surface area contributed by atoms with E-state index in [-0.39, 0.29) is 12.0 Å². The van der Waals surface area contributed by atoms with Gasteiger partial charge in [0.15, 0.2) is 0 Å². The molecule has 0 aromatic carbocycles. The lowest BCUT2D eigenvalue weighted by Crippen LogP contribution is -2.49. The lowest BCUT2D eigenvalue weighted by Gasteiger charge is -2.29. The van der Waals surface area contributed by atoms with Crippen LogP contribution in [0.15, 0.2) is 0 Å². The molecule has 4 nitrogen and oxygen atoms in total. The van der Waals surface area contributed by atoms with Gasteiger partial charge in [-0.15, -0.1) is 0 Å². The first kappa shape index (κ1) is 14.5. The van der Waals surface area contributed by atoms with Crippen molar-refractivity contribution in [1.82, 2.24) is 10.6 Å². The van der Waals surface area contributed by atoms with Crippen molar-refractivity contribution >= 4 is 5.91 Å². The van der Waals surface area contributed by atoms with Crippen LogP contribution in [-0.2, 0) is 9.53 Å². The van der Waals surface area contributed by atoms with Crippen molar-refractivity contribution in [1.29, 1.82) is 0 Å². The fourth-order valence-electron chi connectivity index (χ4n) is 2.06. The summed E-state index contributed by atoms with van der Waals surface area (Å²) in [6, 6.07) is 0.793. The van der Waals surface area contributed by atoms with Crippen molar-refractivity contribution in [3.8, 4) is 0 Å². The maximum atomic E-state index is 11.9. The van der Waals surface area contributed by atoms with Crippen molar-refractivity contribution in [3.63, 3.8) is 0 Å². The molecule has 1 rings (SSSR count). The number of piperidine rings is 1. The second-order valence-electron chi connectivity index (χ2n) is 4.95. The normalized spacial score (nSPS) is 26.5. The number of hydrogen-bond donors (Lipinski definition) is 2. The molecule has 1 saturated heterocycles. The number of ether oxygens (including phenoxy) is 1. The Morgan fingerprint density at radius 2 is 2.35 bits per heavy atom. The number of nitrogens with one attached hydrogen (secondary N) is 2.